The van der Waals surface area contributed by atoms with Crippen LogP contribution in [0.2, 0.25) is 0 Å². The van der Waals surface area contributed by atoms with Crippen LogP contribution in [0.3, 0.4) is 0 Å². The van der Waals surface area contributed by atoms with Gasteiger partial charge < -0.3 is 14.8 Å². The van der Waals surface area contributed by atoms with E-state index >= 15 is 0 Å². The van der Waals surface area contributed by atoms with E-state index in [9.17, 15) is 9.59 Å². The number of amides is 1. The fourth-order valence-electron chi connectivity index (χ4n) is 3.13. The zero-order valence-corrected chi connectivity index (χ0v) is 22.5. The van der Waals surface area contributed by atoms with Crippen LogP contribution in [0.25, 0.3) is 6.08 Å². The van der Waals surface area contributed by atoms with E-state index in [0.717, 1.165) is 24.5 Å². The Morgan fingerprint density at radius 1 is 1.03 bits per heavy atom. The molecule has 1 aliphatic heterocycles. The number of nitrogens with one attached hydrogen (secondary N) is 1. The third-order valence-electron chi connectivity index (χ3n) is 4.69. The summed E-state index contributed by atoms with van der Waals surface area (Å²) in [5.41, 5.74) is 3.24. The van der Waals surface area contributed by atoms with Gasteiger partial charge in [0.05, 0.1) is 8.95 Å². The third kappa shape index (κ3) is 6.02. The second kappa shape index (κ2) is 10.7. The fraction of sp³-hybridized carbons (Fsp3) is 0.0800. The Morgan fingerprint density at radius 2 is 1.68 bits per heavy atom. The molecule has 9 heteroatoms. The number of carbonyl (C=O) groups is 2. The van der Waals surface area contributed by atoms with Crippen molar-refractivity contribution in [2.75, 3.05) is 5.32 Å². The number of rotatable bonds is 6. The van der Waals surface area contributed by atoms with Gasteiger partial charge in [-0.1, -0.05) is 28.1 Å². The molecule has 0 saturated carbocycles. The van der Waals surface area contributed by atoms with Crippen molar-refractivity contribution in [1.29, 1.82) is 0 Å². The molecule has 0 spiro atoms. The molecule has 0 aromatic heterocycles. The molecule has 0 bridgehead atoms. The van der Waals surface area contributed by atoms with Crippen molar-refractivity contribution in [2.45, 2.75) is 13.5 Å². The predicted octanol–water partition coefficient (Wildman–Crippen LogP) is 6.86. The Bertz CT molecular complexity index is 1290. The van der Waals surface area contributed by atoms with Gasteiger partial charge in [-0.3, -0.25) is 4.79 Å². The van der Waals surface area contributed by atoms with E-state index in [2.05, 4.69) is 58.1 Å². The van der Waals surface area contributed by atoms with Crippen molar-refractivity contribution in [1.82, 2.24) is 0 Å². The van der Waals surface area contributed by atoms with Crippen LogP contribution >= 0.6 is 47.8 Å². The molecule has 0 aliphatic carbocycles. The molecular formula is C25H17Br3N2O4. The first kappa shape index (κ1) is 24.4. The molecule has 1 heterocycles. The number of hydrogen-bond donors (Lipinski definition) is 1. The number of benzene rings is 3. The number of carbonyl (C=O) groups excluding carboxylic acids is 2. The van der Waals surface area contributed by atoms with Gasteiger partial charge >= 0.3 is 5.97 Å². The number of cyclic esters (lactones) is 1. The summed E-state index contributed by atoms with van der Waals surface area (Å²) in [6, 6.07) is 18.5. The Kier molecular flexibility index (Phi) is 7.65. The van der Waals surface area contributed by atoms with Crippen molar-refractivity contribution in [3.05, 3.63) is 96.5 Å². The summed E-state index contributed by atoms with van der Waals surface area (Å²) in [6.45, 7) is 1.84. The van der Waals surface area contributed by atoms with Gasteiger partial charge in [-0.2, -0.15) is 0 Å². The fourth-order valence-corrected chi connectivity index (χ4v) is 4.84. The lowest BCUT2D eigenvalue weighted by Crippen LogP contribution is -2.07. The molecule has 34 heavy (non-hydrogen) atoms. The van der Waals surface area contributed by atoms with Crippen LogP contribution < -0.4 is 10.1 Å². The van der Waals surface area contributed by atoms with Gasteiger partial charge in [0.2, 0.25) is 11.8 Å². The smallest absolute Gasteiger partial charge is 0.363 e. The second-order valence-electron chi connectivity index (χ2n) is 7.32. The van der Waals surface area contributed by atoms with E-state index in [1.165, 1.54) is 6.92 Å². The van der Waals surface area contributed by atoms with E-state index in [1.807, 2.05) is 36.4 Å². The number of anilines is 1. The summed E-state index contributed by atoms with van der Waals surface area (Å²) in [4.78, 5) is 27.9. The highest BCUT2D eigenvalue weighted by Gasteiger charge is 2.24. The average Bonchev–Trinajstić information content (AvgIpc) is 3.14. The first-order valence-electron chi connectivity index (χ1n) is 10.1. The maximum atomic E-state index is 12.4. The number of esters is 1. The summed E-state index contributed by atoms with van der Waals surface area (Å²) >= 11 is 10.5. The lowest BCUT2D eigenvalue weighted by molar-refractivity contribution is -0.129. The summed E-state index contributed by atoms with van der Waals surface area (Å²) in [5.74, 6) is 0.161. The number of aliphatic imine (C=N–C) groups is 1. The Balaban J connectivity index is 1.51. The monoisotopic (exact) mass is 646 g/mol. The zero-order chi connectivity index (χ0) is 24.2. The highest BCUT2D eigenvalue weighted by Crippen LogP contribution is 2.36. The number of nitrogens with zero attached hydrogens (tertiary/aromatic N) is 1. The highest BCUT2D eigenvalue weighted by molar-refractivity contribution is 9.11. The van der Waals surface area contributed by atoms with Crippen molar-refractivity contribution in [2.24, 2.45) is 4.99 Å². The second-order valence-corrected chi connectivity index (χ2v) is 9.95. The van der Waals surface area contributed by atoms with Crippen LogP contribution in [0.1, 0.15) is 23.6 Å². The quantitative estimate of drug-likeness (QED) is 0.234. The van der Waals surface area contributed by atoms with Crippen molar-refractivity contribution < 1.29 is 19.1 Å². The summed E-state index contributed by atoms with van der Waals surface area (Å²) in [5, 5.41) is 2.69. The van der Waals surface area contributed by atoms with E-state index in [0.29, 0.717) is 23.6 Å². The van der Waals surface area contributed by atoms with Crippen LogP contribution in [-0.4, -0.2) is 17.8 Å². The van der Waals surface area contributed by atoms with E-state index in [1.54, 1.807) is 30.3 Å². The maximum absolute atomic E-state index is 12.4. The Morgan fingerprint density at radius 3 is 2.29 bits per heavy atom. The van der Waals surface area contributed by atoms with Crippen molar-refractivity contribution in [3.8, 4) is 5.75 Å². The van der Waals surface area contributed by atoms with Gasteiger partial charge in [-0.25, -0.2) is 9.79 Å². The molecule has 0 unspecified atom stereocenters. The number of hydrogen-bond acceptors (Lipinski definition) is 5. The van der Waals surface area contributed by atoms with Crippen molar-refractivity contribution >= 4 is 77.3 Å². The van der Waals surface area contributed by atoms with Gasteiger partial charge in [-0.05, 0) is 97.6 Å². The molecule has 0 atom stereocenters. The van der Waals surface area contributed by atoms with Gasteiger partial charge in [0.15, 0.2) is 5.70 Å². The molecule has 0 fully saturated rings. The first-order valence-corrected chi connectivity index (χ1v) is 12.4. The van der Waals surface area contributed by atoms with Gasteiger partial charge in [0.1, 0.15) is 12.4 Å². The molecule has 3 aromatic rings. The molecule has 1 aliphatic rings. The lowest BCUT2D eigenvalue weighted by atomic mass is 10.2. The SMILES string of the molecule is CC(=O)Nc1ccc(C2=N/C(=C\c3cc(Br)c(OCc4ccc(Br)cc4)c(Br)c3)C(=O)O2)cc1. The Labute approximate surface area is 221 Å². The predicted molar refractivity (Wildman–Crippen MR) is 142 cm³/mol. The third-order valence-corrected chi connectivity index (χ3v) is 6.40. The zero-order valence-electron chi connectivity index (χ0n) is 17.8. The van der Waals surface area contributed by atoms with Crippen LogP contribution in [0.4, 0.5) is 5.69 Å². The van der Waals surface area contributed by atoms with E-state index in [4.69, 9.17) is 9.47 Å². The standard InChI is InChI=1S/C25H17Br3N2O4/c1-14(31)29-19-8-4-17(5-9-19)24-30-22(25(32)34-24)12-16-10-20(27)23(21(28)11-16)33-13-15-2-6-18(26)7-3-15/h2-12H,13H2,1H3,(H,29,31)/b22-12-. The average molecular weight is 649 g/mol. The molecular weight excluding hydrogens is 632 g/mol. The number of halogens is 3. The van der Waals surface area contributed by atoms with Gasteiger partial charge in [0.25, 0.3) is 0 Å². The lowest BCUT2D eigenvalue weighted by Gasteiger charge is -2.11. The van der Waals surface area contributed by atoms with E-state index < -0.39 is 5.97 Å². The van der Waals surface area contributed by atoms with E-state index in [-0.39, 0.29) is 17.5 Å². The minimum Gasteiger partial charge on any atom is -0.487 e. The van der Waals surface area contributed by atoms with Crippen LogP contribution in [0.15, 0.2) is 84.8 Å². The van der Waals surface area contributed by atoms with Crippen LogP contribution in [0.5, 0.6) is 5.75 Å². The summed E-state index contributed by atoms with van der Waals surface area (Å²) in [6.07, 6.45) is 1.65. The molecule has 172 valence electrons. The molecule has 4 rings (SSSR count). The van der Waals surface area contributed by atoms with Crippen LogP contribution in [0, 0.1) is 0 Å². The highest BCUT2D eigenvalue weighted by atomic mass is 79.9. The molecule has 0 saturated heterocycles. The Hall–Kier alpha value is -2.75. The van der Waals surface area contributed by atoms with Crippen molar-refractivity contribution in [3.63, 3.8) is 0 Å². The molecule has 0 radical (unpaired) electrons. The maximum Gasteiger partial charge on any atom is 0.363 e. The summed E-state index contributed by atoms with van der Waals surface area (Å²) < 4.78 is 13.8. The molecule has 1 N–H and O–H groups in total. The first-order chi connectivity index (χ1) is 16.3. The summed E-state index contributed by atoms with van der Waals surface area (Å²) in [7, 11) is 0. The van der Waals surface area contributed by atoms with Crippen LogP contribution in [-0.2, 0) is 20.9 Å². The minimum absolute atomic E-state index is 0.162. The largest absolute Gasteiger partial charge is 0.487 e. The normalized spacial score (nSPS) is 14.1. The van der Waals surface area contributed by atoms with Gasteiger partial charge in [-0.15, -0.1) is 0 Å². The molecule has 3 aromatic carbocycles. The topological polar surface area (TPSA) is 77.0 Å². The minimum atomic E-state index is -0.538. The molecule has 6 nitrogen and oxygen atoms in total. The number of ether oxygens (including phenoxy) is 2. The molecule has 1 amide bonds. The van der Waals surface area contributed by atoms with Gasteiger partial charge in [0, 0.05) is 22.6 Å².